The van der Waals surface area contributed by atoms with Gasteiger partial charge in [-0.3, -0.25) is 0 Å². The Morgan fingerprint density at radius 3 is 2.74 bits per heavy atom. The van der Waals surface area contributed by atoms with Crippen LogP contribution in [0.4, 0.5) is 0 Å². The van der Waals surface area contributed by atoms with Crippen molar-refractivity contribution >= 4 is 21.4 Å². The normalized spacial score (nSPS) is 12.9. The van der Waals surface area contributed by atoms with Crippen molar-refractivity contribution in [2.24, 2.45) is 0 Å². The number of benzene rings is 1. The Hall–Kier alpha value is -0.860. The SMILES string of the molecule is CCCCCCCC(NC)c1cccc2ccsc12. The Balaban J connectivity index is 1.99. The lowest BCUT2D eigenvalue weighted by atomic mass is 9.99. The molecule has 19 heavy (non-hydrogen) atoms. The predicted molar refractivity (Wildman–Crippen MR) is 87.0 cm³/mol. The lowest BCUT2D eigenvalue weighted by molar-refractivity contribution is 0.503. The molecular formula is C17H25NS. The van der Waals surface area contributed by atoms with Crippen molar-refractivity contribution in [1.82, 2.24) is 5.32 Å². The first kappa shape index (κ1) is 14.5. The molecule has 0 fully saturated rings. The third-order valence-electron chi connectivity index (χ3n) is 3.83. The Labute approximate surface area is 121 Å². The van der Waals surface area contributed by atoms with Crippen molar-refractivity contribution in [3.63, 3.8) is 0 Å². The Kier molecular flexibility index (Phi) is 5.87. The predicted octanol–water partition coefficient (Wildman–Crippen LogP) is 5.52. The van der Waals surface area contributed by atoms with Crippen LogP contribution in [0.1, 0.15) is 57.1 Å². The summed E-state index contributed by atoms with van der Waals surface area (Å²) >= 11 is 1.86. The second-order valence-electron chi connectivity index (χ2n) is 5.23. The molecule has 1 heterocycles. The molecule has 0 aliphatic rings. The van der Waals surface area contributed by atoms with E-state index in [1.54, 1.807) is 0 Å². The molecule has 104 valence electrons. The molecule has 0 aliphatic heterocycles. The molecule has 1 aromatic carbocycles. The first-order valence-corrected chi connectivity index (χ1v) is 8.38. The lowest BCUT2D eigenvalue weighted by Crippen LogP contribution is -2.16. The fourth-order valence-corrected chi connectivity index (χ4v) is 3.67. The summed E-state index contributed by atoms with van der Waals surface area (Å²) in [6.45, 7) is 2.27. The van der Waals surface area contributed by atoms with Gasteiger partial charge in [0.25, 0.3) is 0 Å². The summed E-state index contributed by atoms with van der Waals surface area (Å²) < 4.78 is 1.45. The fraction of sp³-hybridized carbons (Fsp3) is 0.529. The average Bonchev–Trinajstić information content (AvgIpc) is 2.91. The minimum atomic E-state index is 0.504. The molecule has 0 bridgehead atoms. The van der Waals surface area contributed by atoms with Gasteiger partial charge in [-0.1, -0.05) is 57.2 Å². The van der Waals surface area contributed by atoms with E-state index in [0.29, 0.717) is 6.04 Å². The second-order valence-corrected chi connectivity index (χ2v) is 6.15. The van der Waals surface area contributed by atoms with E-state index in [2.05, 4.69) is 48.9 Å². The number of rotatable bonds is 8. The van der Waals surface area contributed by atoms with E-state index in [9.17, 15) is 0 Å². The van der Waals surface area contributed by atoms with Crippen LogP contribution in [0.2, 0.25) is 0 Å². The number of hydrogen-bond acceptors (Lipinski definition) is 2. The first-order chi connectivity index (χ1) is 9.36. The molecule has 0 aliphatic carbocycles. The van der Waals surface area contributed by atoms with Gasteiger partial charge in [-0.25, -0.2) is 0 Å². The van der Waals surface area contributed by atoms with Gasteiger partial charge in [-0.15, -0.1) is 11.3 Å². The van der Waals surface area contributed by atoms with E-state index in [0.717, 1.165) is 0 Å². The summed E-state index contributed by atoms with van der Waals surface area (Å²) in [5, 5.41) is 7.08. The largest absolute Gasteiger partial charge is 0.313 e. The van der Waals surface area contributed by atoms with E-state index in [-0.39, 0.29) is 0 Å². The van der Waals surface area contributed by atoms with Crippen LogP contribution in [-0.2, 0) is 0 Å². The van der Waals surface area contributed by atoms with Crippen LogP contribution in [0.5, 0.6) is 0 Å². The van der Waals surface area contributed by atoms with Gasteiger partial charge in [0.15, 0.2) is 0 Å². The molecule has 0 amide bonds. The zero-order valence-electron chi connectivity index (χ0n) is 12.1. The van der Waals surface area contributed by atoms with Gasteiger partial charge in [0.05, 0.1) is 0 Å². The Morgan fingerprint density at radius 1 is 1.11 bits per heavy atom. The maximum absolute atomic E-state index is 3.50. The maximum Gasteiger partial charge on any atom is 0.0390 e. The highest BCUT2D eigenvalue weighted by atomic mass is 32.1. The summed E-state index contributed by atoms with van der Waals surface area (Å²) in [5.41, 5.74) is 1.48. The van der Waals surface area contributed by atoms with Crippen molar-refractivity contribution < 1.29 is 0 Å². The van der Waals surface area contributed by atoms with Gasteiger partial charge in [0, 0.05) is 10.7 Å². The van der Waals surface area contributed by atoms with Crippen LogP contribution in [0.15, 0.2) is 29.6 Å². The molecule has 0 saturated carbocycles. The van der Waals surface area contributed by atoms with Crippen LogP contribution in [0, 0.1) is 0 Å². The second kappa shape index (κ2) is 7.66. The van der Waals surface area contributed by atoms with E-state index in [1.807, 2.05) is 11.3 Å². The smallest absolute Gasteiger partial charge is 0.0390 e. The van der Waals surface area contributed by atoms with Gasteiger partial charge in [0.1, 0.15) is 0 Å². The van der Waals surface area contributed by atoms with Crippen molar-refractivity contribution in [2.75, 3.05) is 7.05 Å². The minimum Gasteiger partial charge on any atom is -0.313 e. The summed E-state index contributed by atoms with van der Waals surface area (Å²) in [6.07, 6.45) is 8.03. The van der Waals surface area contributed by atoms with Crippen LogP contribution in [0.25, 0.3) is 10.1 Å². The number of fused-ring (bicyclic) bond motifs is 1. The molecule has 1 nitrogen and oxygen atoms in total. The van der Waals surface area contributed by atoms with Crippen molar-refractivity contribution in [2.45, 2.75) is 51.5 Å². The minimum absolute atomic E-state index is 0.504. The number of hydrogen-bond donors (Lipinski definition) is 1. The first-order valence-electron chi connectivity index (χ1n) is 7.50. The highest BCUT2D eigenvalue weighted by molar-refractivity contribution is 7.17. The average molecular weight is 275 g/mol. The molecule has 1 aromatic heterocycles. The molecule has 2 aromatic rings. The molecule has 1 unspecified atom stereocenters. The summed E-state index contributed by atoms with van der Waals surface area (Å²) in [4.78, 5) is 0. The van der Waals surface area contributed by atoms with Crippen molar-refractivity contribution in [1.29, 1.82) is 0 Å². The topological polar surface area (TPSA) is 12.0 Å². The van der Waals surface area contributed by atoms with E-state index < -0.39 is 0 Å². The lowest BCUT2D eigenvalue weighted by Gasteiger charge is -2.17. The highest BCUT2D eigenvalue weighted by Crippen LogP contribution is 2.31. The van der Waals surface area contributed by atoms with E-state index >= 15 is 0 Å². The Bertz CT molecular complexity index is 489. The van der Waals surface area contributed by atoms with Gasteiger partial charge in [-0.2, -0.15) is 0 Å². The molecular weight excluding hydrogens is 250 g/mol. The number of nitrogens with one attached hydrogen (secondary N) is 1. The third-order valence-corrected chi connectivity index (χ3v) is 4.81. The zero-order valence-corrected chi connectivity index (χ0v) is 12.9. The molecule has 1 N–H and O–H groups in total. The van der Waals surface area contributed by atoms with Gasteiger partial charge in [0.2, 0.25) is 0 Å². The molecule has 0 spiro atoms. The molecule has 2 heteroatoms. The van der Waals surface area contributed by atoms with Crippen LogP contribution in [0.3, 0.4) is 0 Å². The van der Waals surface area contributed by atoms with E-state index in [4.69, 9.17) is 0 Å². The third kappa shape index (κ3) is 3.80. The highest BCUT2D eigenvalue weighted by Gasteiger charge is 2.12. The quantitative estimate of drug-likeness (QED) is 0.625. The van der Waals surface area contributed by atoms with Crippen molar-refractivity contribution in [3.8, 4) is 0 Å². The molecule has 1 atom stereocenters. The monoisotopic (exact) mass is 275 g/mol. The molecule has 0 saturated heterocycles. The summed E-state index contributed by atoms with van der Waals surface area (Å²) in [5.74, 6) is 0. The van der Waals surface area contributed by atoms with E-state index in [1.165, 1.54) is 54.2 Å². The number of thiophene rings is 1. The van der Waals surface area contributed by atoms with Gasteiger partial charge in [-0.05, 0) is 35.9 Å². The van der Waals surface area contributed by atoms with Gasteiger partial charge < -0.3 is 5.32 Å². The zero-order chi connectivity index (χ0) is 13.5. The summed E-state index contributed by atoms with van der Waals surface area (Å²) in [7, 11) is 2.09. The fourth-order valence-electron chi connectivity index (χ4n) is 2.70. The molecule has 2 rings (SSSR count). The number of unbranched alkanes of at least 4 members (excludes halogenated alkanes) is 4. The maximum atomic E-state index is 3.50. The molecule has 0 radical (unpaired) electrons. The van der Waals surface area contributed by atoms with Crippen molar-refractivity contribution in [3.05, 3.63) is 35.2 Å². The standard InChI is InChI=1S/C17H25NS/c1-3-4-5-6-7-11-16(18-2)15-10-8-9-14-12-13-19-17(14)15/h8-10,12-13,16,18H,3-7,11H2,1-2H3. The van der Waals surface area contributed by atoms with Crippen LogP contribution >= 0.6 is 11.3 Å². The summed E-state index contributed by atoms with van der Waals surface area (Å²) in [6, 6.07) is 9.41. The van der Waals surface area contributed by atoms with Crippen LogP contribution in [-0.4, -0.2) is 7.05 Å². The van der Waals surface area contributed by atoms with Gasteiger partial charge >= 0.3 is 0 Å². The Morgan fingerprint density at radius 2 is 1.95 bits per heavy atom. The van der Waals surface area contributed by atoms with Crippen LogP contribution < -0.4 is 5.32 Å².